The van der Waals surface area contributed by atoms with E-state index < -0.39 is 4.92 Å². The van der Waals surface area contributed by atoms with E-state index >= 15 is 0 Å². The molecule has 26 heavy (non-hydrogen) atoms. The minimum atomic E-state index is -0.602. The number of rotatable bonds is 7. The molecule has 0 aliphatic rings. The summed E-state index contributed by atoms with van der Waals surface area (Å²) in [5.74, 6) is 0.367. The van der Waals surface area contributed by atoms with E-state index in [1.165, 1.54) is 6.20 Å². The van der Waals surface area contributed by atoms with Gasteiger partial charge in [0.1, 0.15) is 29.5 Å². The van der Waals surface area contributed by atoms with Crippen molar-refractivity contribution in [3.63, 3.8) is 0 Å². The molecule has 142 valence electrons. The Morgan fingerprint density at radius 3 is 1.96 bits per heavy atom. The summed E-state index contributed by atoms with van der Waals surface area (Å²) in [4.78, 5) is 17.2. The number of aliphatic hydroxyl groups excluding tert-OH is 2. The number of anilines is 1. The fourth-order valence-electron chi connectivity index (χ4n) is 1.45. The topological polar surface area (TPSA) is 154 Å². The summed E-state index contributed by atoms with van der Waals surface area (Å²) in [6.45, 7) is -0.0153. The first-order valence-corrected chi connectivity index (χ1v) is 7.83. The lowest BCUT2D eigenvalue weighted by atomic mass is 10.4. The highest BCUT2D eigenvalue weighted by molar-refractivity contribution is 6.32. The predicted molar refractivity (Wildman–Crippen MR) is 94.7 cm³/mol. The Balaban J connectivity index is 0.000000263. The van der Waals surface area contributed by atoms with Gasteiger partial charge in [-0.2, -0.15) is 0 Å². The second-order valence-electron chi connectivity index (χ2n) is 4.44. The standard InChI is InChI=1S/C7H7ClN2O4.C7H9ClN2O2/c8-6-3-5(10(12)13)4-9-7(6)14-2-1-11;8-6-3-5(9)4-10-7(6)12-2-1-11/h3-4,11H,1-2H2;3-4,11H,1-2,9H2. The molecule has 0 radical (unpaired) electrons. The van der Waals surface area contributed by atoms with Gasteiger partial charge in [-0.3, -0.25) is 10.1 Å². The highest BCUT2D eigenvalue weighted by Crippen LogP contribution is 2.25. The SMILES string of the molecule is Nc1cnc(OCCO)c(Cl)c1.O=[N+]([O-])c1cnc(OCCO)c(Cl)c1. The summed E-state index contributed by atoms with van der Waals surface area (Å²) in [6, 6.07) is 2.68. The van der Waals surface area contributed by atoms with Crippen LogP contribution >= 0.6 is 23.2 Å². The number of nitro groups is 1. The van der Waals surface area contributed by atoms with Crippen LogP contribution in [0.2, 0.25) is 10.0 Å². The molecule has 2 heterocycles. The van der Waals surface area contributed by atoms with Crippen molar-refractivity contribution in [2.45, 2.75) is 0 Å². The van der Waals surface area contributed by atoms with E-state index in [2.05, 4.69) is 9.97 Å². The van der Waals surface area contributed by atoms with Gasteiger partial charge < -0.3 is 25.4 Å². The molecule has 4 N–H and O–H groups in total. The Kier molecular flexibility index (Phi) is 9.37. The maximum Gasteiger partial charge on any atom is 0.289 e. The molecule has 0 saturated carbocycles. The van der Waals surface area contributed by atoms with Crippen molar-refractivity contribution in [1.82, 2.24) is 9.97 Å². The Labute approximate surface area is 158 Å². The zero-order chi connectivity index (χ0) is 19.5. The number of aliphatic hydroxyl groups is 2. The predicted octanol–water partition coefficient (Wildman–Crippen LogP) is 1.70. The highest BCUT2D eigenvalue weighted by atomic mass is 35.5. The maximum absolute atomic E-state index is 10.3. The van der Waals surface area contributed by atoms with Crippen molar-refractivity contribution in [2.75, 3.05) is 32.2 Å². The van der Waals surface area contributed by atoms with Crippen LogP contribution in [0.5, 0.6) is 11.8 Å². The van der Waals surface area contributed by atoms with Crippen LogP contribution in [0, 0.1) is 10.1 Å². The van der Waals surface area contributed by atoms with E-state index in [4.69, 9.17) is 48.6 Å². The molecule has 2 aromatic rings. The van der Waals surface area contributed by atoms with Gasteiger partial charge in [0.25, 0.3) is 5.69 Å². The van der Waals surface area contributed by atoms with Crippen LogP contribution in [0.1, 0.15) is 0 Å². The molecule has 0 atom stereocenters. The number of nitrogen functional groups attached to an aromatic ring is 1. The van der Waals surface area contributed by atoms with Crippen molar-refractivity contribution in [1.29, 1.82) is 0 Å². The van der Waals surface area contributed by atoms with E-state index in [1.54, 1.807) is 6.07 Å². The van der Waals surface area contributed by atoms with Gasteiger partial charge in [0.05, 0.1) is 30.0 Å². The summed E-state index contributed by atoms with van der Waals surface area (Å²) in [7, 11) is 0. The minimum absolute atomic E-state index is 0.0462. The Morgan fingerprint density at radius 1 is 1.04 bits per heavy atom. The summed E-state index contributed by atoms with van der Waals surface area (Å²) in [6.07, 6.45) is 2.48. The summed E-state index contributed by atoms with van der Waals surface area (Å²) < 4.78 is 9.90. The van der Waals surface area contributed by atoms with Gasteiger partial charge in [-0.25, -0.2) is 9.97 Å². The van der Waals surface area contributed by atoms with E-state index in [-0.39, 0.29) is 43.0 Å². The largest absolute Gasteiger partial charge is 0.474 e. The molecule has 12 heteroatoms. The van der Waals surface area contributed by atoms with Crippen LogP contribution in [0.15, 0.2) is 24.5 Å². The number of halogens is 2. The maximum atomic E-state index is 10.3. The molecular weight excluding hydrogens is 391 g/mol. The first kappa shape index (κ1) is 21.6. The van der Waals surface area contributed by atoms with Crippen LogP contribution in [-0.4, -0.2) is 51.5 Å². The average molecular weight is 407 g/mol. The number of hydrogen-bond donors (Lipinski definition) is 3. The van der Waals surface area contributed by atoms with Crippen LogP contribution < -0.4 is 15.2 Å². The molecular formula is C14H16Cl2N4O6. The van der Waals surface area contributed by atoms with Gasteiger partial charge in [-0.15, -0.1) is 0 Å². The summed E-state index contributed by atoms with van der Waals surface area (Å²) in [5, 5.41) is 27.6. The highest BCUT2D eigenvalue weighted by Gasteiger charge is 2.11. The Morgan fingerprint density at radius 2 is 1.54 bits per heavy atom. The van der Waals surface area contributed by atoms with E-state index in [9.17, 15) is 10.1 Å². The summed E-state index contributed by atoms with van der Waals surface area (Å²) >= 11 is 11.4. The van der Waals surface area contributed by atoms with Crippen LogP contribution in [0.3, 0.4) is 0 Å². The quantitative estimate of drug-likeness (QED) is 0.460. The molecule has 0 aliphatic carbocycles. The lowest BCUT2D eigenvalue weighted by molar-refractivity contribution is -0.385. The molecule has 0 aromatic carbocycles. The second-order valence-corrected chi connectivity index (χ2v) is 5.25. The van der Waals surface area contributed by atoms with Gasteiger partial charge in [-0.05, 0) is 6.07 Å². The van der Waals surface area contributed by atoms with Crippen molar-refractivity contribution in [2.24, 2.45) is 0 Å². The van der Waals surface area contributed by atoms with Crippen molar-refractivity contribution in [3.8, 4) is 11.8 Å². The fourth-order valence-corrected chi connectivity index (χ4v) is 1.90. The van der Waals surface area contributed by atoms with Gasteiger partial charge in [-0.1, -0.05) is 23.2 Å². The van der Waals surface area contributed by atoms with E-state index in [1.807, 2.05) is 0 Å². The number of nitrogens with two attached hydrogens (primary N) is 1. The molecule has 0 spiro atoms. The lowest BCUT2D eigenvalue weighted by Gasteiger charge is -2.04. The molecule has 0 fully saturated rings. The van der Waals surface area contributed by atoms with Crippen LogP contribution in [0.25, 0.3) is 0 Å². The third-order valence-electron chi connectivity index (χ3n) is 2.49. The fraction of sp³-hybridized carbons (Fsp3) is 0.286. The smallest absolute Gasteiger partial charge is 0.289 e. The van der Waals surface area contributed by atoms with Gasteiger partial charge in [0.2, 0.25) is 11.8 Å². The lowest BCUT2D eigenvalue weighted by Crippen LogP contribution is -2.03. The number of aromatic nitrogens is 2. The minimum Gasteiger partial charge on any atom is -0.474 e. The Hall–Kier alpha value is -2.40. The third-order valence-corrected chi connectivity index (χ3v) is 3.03. The molecule has 2 aromatic heterocycles. The van der Waals surface area contributed by atoms with Gasteiger partial charge in [0, 0.05) is 6.07 Å². The first-order valence-electron chi connectivity index (χ1n) is 7.07. The van der Waals surface area contributed by atoms with Crippen molar-refractivity contribution < 1.29 is 24.6 Å². The molecule has 10 nitrogen and oxygen atoms in total. The van der Waals surface area contributed by atoms with E-state index in [0.717, 1.165) is 12.3 Å². The number of ether oxygens (including phenoxy) is 2. The van der Waals surface area contributed by atoms with Crippen LogP contribution in [0.4, 0.5) is 11.4 Å². The molecule has 0 aliphatic heterocycles. The van der Waals surface area contributed by atoms with Crippen molar-refractivity contribution >= 4 is 34.6 Å². The monoisotopic (exact) mass is 406 g/mol. The normalized spacial score (nSPS) is 9.85. The number of nitrogens with zero attached hydrogens (tertiary/aromatic N) is 3. The number of hydrogen-bond acceptors (Lipinski definition) is 9. The zero-order valence-electron chi connectivity index (χ0n) is 13.3. The molecule has 0 unspecified atom stereocenters. The van der Waals surface area contributed by atoms with E-state index in [0.29, 0.717) is 16.6 Å². The number of pyridine rings is 2. The van der Waals surface area contributed by atoms with Gasteiger partial charge in [0.15, 0.2) is 0 Å². The van der Waals surface area contributed by atoms with Crippen molar-refractivity contribution in [3.05, 3.63) is 44.7 Å². The zero-order valence-corrected chi connectivity index (χ0v) is 14.9. The first-order chi connectivity index (χ1) is 12.4. The molecule has 0 amide bonds. The van der Waals surface area contributed by atoms with Gasteiger partial charge >= 0.3 is 0 Å². The molecule has 0 bridgehead atoms. The molecule has 0 saturated heterocycles. The van der Waals surface area contributed by atoms with Crippen LogP contribution in [-0.2, 0) is 0 Å². The second kappa shape index (κ2) is 11.3. The average Bonchev–Trinajstić information content (AvgIpc) is 2.60. The summed E-state index contributed by atoms with van der Waals surface area (Å²) in [5.41, 5.74) is 5.68. The molecule has 2 rings (SSSR count). The third kappa shape index (κ3) is 7.23. The Bertz CT molecular complexity index is 735.